The average Bonchev–Trinajstić information content (AvgIpc) is 2.57. The Hall–Kier alpha value is -2.42. The van der Waals surface area contributed by atoms with Crippen LogP contribution in [0.3, 0.4) is 0 Å². The Morgan fingerprint density at radius 1 is 1.37 bits per heavy atom. The number of fused-ring (bicyclic) bond motifs is 1. The van der Waals surface area contributed by atoms with Crippen LogP contribution in [-0.4, -0.2) is 39.8 Å². The maximum absolute atomic E-state index is 13.5. The second kappa shape index (κ2) is 6.95. The van der Waals surface area contributed by atoms with Crippen molar-refractivity contribution in [3.63, 3.8) is 0 Å². The average molecular weight is 401 g/mol. The van der Waals surface area contributed by atoms with Crippen LogP contribution in [0.5, 0.6) is 0 Å². The molecule has 1 unspecified atom stereocenters. The molecule has 27 heavy (non-hydrogen) atoms. The van der Waals surface area contributed by atoms with Gasteiger partial charge in [-0.1, -0.05) is 11.6 Å². The minimum Gasteiger partial charge on any atom is -0.465 e. The lowest BCUT2D eigenvalue weighted by Crippen LogP contribution is -2.42. The van der Waals surface area contributed by atoms with Crippen molar-refractivity contribution < 1.29 is 18.7 Å². The fraction of sp³-hybridized carbons (Fsp3) is 0.471. The Morgan fingerprint density at radius 2 is 2.00 bits per heavy atom. The number of piperidine rings is 1. The lowest BCUT2D eigenvalue weighted by atomic mass is 10.0. The van der Waals surface area contributed by atoms with E-state index in [1.54, 1.807) is 17.9 Å². The van der Waals surface area contributed by atoms with E-state index in [-0.39, 0.29) is 47.8 Å². The summed E-state index contributed by atoms with van der Waals surface area (Å²) in [4.78, 5) is 30.0. The van der Waals surface area contributed by atoms with E-state index in [0.29, 0.717) is 11.1 Å². The van der Waals surface area contributed by atoms with Crippen LogP contribution in [-0.2, 0) is 7.05 Å². The van der Waals surface area contributed by atoms with Gasteiger partial charge in [-0.15, -0.1) is 0 Å². The van der Waals surface area contributed by atoms with Crippen molar-refractivity contribution in [3.05, 3.63) is 33.1 Å². The van der Waals surface area contributed by atoms with Crippen molar-refractivity contribution in [1.82, 2.24) is 14.9 Å². The molecule has 0 spiro atoms. The number of aromatic nitrogens is 2. The fourth-order valence-corrected chi connectivity index (χ4v) is 3.49. The highest BCUT2D eigenvalue weighted by Gasteiger charge is 2.35. The SMILES string of the molecule is CC(NC(=O)O)c1cc(Cl)cc2c(=O)n(C)c(N3CCC(F)(F)CC3)nc12. The molecule has 1 aromatic carbocycles. The van der Waals surface area contributed by atoms with E-state index < -0.39 is 18.1 Å². The van der Waals surface area contributed by atoms with Crippen LogP contribution in [0.1, 0.15) is 31.4 Å². The molecule has 0 bridgehead atoms. The van der Waals surface area contributed by atoms with Gasteiger partial charge in [-0.25, -0.2) is 18.6 Å². The van der Waals surface area contributed by atoms with Gasteiger partial charge in [0.05, 0.1) is 16.9 Å². The van der Waals surface area contributed by atoms with E-state index >= 15 is 0 Å². The third-order valence-electron chi connectivity index (χ3n) is 4.74. The zero-order valence-corrected chi connectivity index (χ0v) is 15.6. The van der Waals surface area contributed by atoms with Crippen LogP contribution in [0.4, 0.5) is 19.5 Å². The summed E-state index contributed by atoms with van der Waals surface area (Å²) in [6.45, 7) is 1.76. The predicted molar refractivity (Wildman–Crippen MR) is 98.0 cm³/mol. The molecule has 2 heterocycles. The molecular weight excluding hydrogens is 382 g/mol. The molecule has 1 amide bonds. The van der Waals surface area contributed by atoms with E-state index in [4.69, 9.17) is 16.7 Å². The molecule has 146 valence electrons. The number of anilines is 1. The van der Waals surface area contributed by atoms with Gasteiger partial charge in [0, 0.05) is 43.6 Å². The number of carbonyl (C=O) groups is 1. The van der Waals surface area contributed by atoms with Gasteiger partial charge >= 0.3 is 6.09 Å². The number of hydrogen-bond donors (Lipinski definition) is 2. The molecule has 2 aromatic rings. The highest BCUT2D eigenvalue weighted by molar-refractivity contribution is 6.31. The number of alkyl halides is 2. The number of nitrogens with zero attached hydrogens (tertiary/aromatic N) is 3. The monoisotopic (exact) mass is 400 g/mol. The van der Waals surface area contributed by atoms with Crippen LogP contribution >= 0.6 is 11.6 Å². The summed E-state index contributed by atoms with van der Waals surface area (Å²) >= 11 is 6.10. The summed E-state index contributed by atoms with van der Waals surface area (Å²) < 4.78 is 28.2. The Kier molecular flexibility index (Phi) is 4.98. The van der Waals surface area contributed by atoms with Gasteiger partial charge in [-0.05, 0) is 19.1 Å². The summed E-state index contributed by atoms with van der Waals surface area (Å²) in [7, 11) is 1.52. The third kappa shape index (κ3) is 3.83. The largest absolute Gasteiger partial charge is 0.465 e. The first-order valence-electron chi connectivity index (χ1n) is 8.41. The number of rotatable bonds is 3. The molecule has 1 saturated heterocycles. The quantitative estimate of drug-likeness (QED) is 0.826. The minimum absolute atomic E-state index is 0.0740. The molecule has 1 fully saturated rings. The first kappa shape index (κ1) is 19.3. The van der Waals surface area contributed by atoms with Crippen LogP contribution in [0.2, 0.25) is 5.02 Å². The number of carboxylic acid groups (broad SMARTS) is 1. The molecule has 3 rings (SSSR count). The number of halogens is 3. The smallest absolute Gasteiger partial charge is 0.405 e. The van der Waals surface area contributed by atoms with Crippen LogP contribution in [0.25, 0.3) is 10.9 Å². The fourth-order valence-electron chi connectivity index (χ4n) is 3.26. The predicted octanol–water partition coefficient (Wildman–Crippen LogP) is 3.15. The first-order chi connectivity index (χ1) is 12.6. The van der Waals surface area contributed by atoms with E-state index in [0.717, 1.165) is 0 Å². The summed E-state index contributed by atoms with van der Waals surface area (Å²) in [6.07, 6.45) is -1.85. The normalized spacial score (nSPS) is 17.7. The van der Waals surface area contributed by atoms with Gasteiger partial charge in [0.15, 0.2) is 0 Å². The molecule has 10 heteroatoms. The lowest BCUT2D eigenvalue weighted by molar-refractivity contribution is -0.0223. The van der Waals surface area contributed by atoms with Gasteiger partial charge in [0.25, 0.3) is 11.5 Å². The summed E-state index contributed by atoms with van der Waals surface area (Å²) in [5, 5.41) is 11.8. The molecule has 1 aliphatic rings. The number of benzene rings is 1. The van der Waals surface area contributed by atoms with E-state index in [2.05, 4.69) is 10.3 Å². The van der Waals surface area contributed by atoms with E-state index in [1.165, 1.54) is 17.7 Å². The van der Waals surface area contributed by atoms with Gasteiger partial charge < -0.3 is 15.3 Å². The molecule has 0 saturated carbocycles. The van der Waals surface area contributed by atoms with Crippen molar-refractivity contribution in [2.24, 2.45) is 7.05 Å². The van der Waals surface area contributed by atoms with Gasteiger partial charge in [-0.3, -0.25) is 9.36 Å². The van der Waals surface area contributed by atoms with Gasteiger partial charge in [0.1, 0.15) is 0 Å². The Bertz CT molecular complexity index is 953. The van der Waals surface area contributed by atoms with Crippen LogP contribution < -0.4 is 15.8 Å². The molecule has 1 atom stereocenters. The molecular formula is C17H19ClF2N4O3. The van der Waals surface area contributed by atoms with Gasteiger partial charge in [0.2, 0.25) is 5.95 Å². The lowest BCUT2D eigenvalue weighted by Gasteiger charge is -2.33. The standard InChI is InChI=1S/C17H19ClF2N4O3/c1-9(21-16(26)27)11-7-10(18)8-12-13(11)22-15(23(2)14(12)25)24-5-3-17(19,20)4-6-24/h7-9,21H,3-6H2,1-2H3,(H,26,27). The summed E-state index contributed by atoms with van der Waals surface area (Å²) in [5.41, 5.74) is 0.371. The molecule has 2 N–H and O–H groups in total. The summed E-state index contributed by atoms with van der Waals surface area (Å²) in [6, 6.07) is 2.35. The molecule has 7 nitrogen and oxygen atoms in total. The van der Waals surface area contributed by atoms with Crippen molar-refractivity contribution in [3.8, 4) is 0 Å². The van der Waals surface area contributed by atoms with Crippen molar-refractivity contribution in [2.45, 2.75) is 31.7 Å². The molecule has 0 aliphatic carbocycles. The maximum atomic E-state index is 13.5. The van der Waals surface area contributed by atoms with Crippen molar-refractivity contribution >= 4 is 34.5 Å². The highest BCUT2D eigenvalue weighted by Crippen LogP contribution is 2.31. The minimum atomic E-state index is -2.72. The first-order valence-corrected chi connectivity index (χ1v) is 8.79. The summed E-state index contributed by atoms with van der Waals surface area (Å²) in [5.74, 6) is -2.45. The number of hydrogen-bond acceptors (Lipinski definition) is 4. The zero-order valence-electron chi connectivity index (χ0n) is 14.8. The Labute approximate surface area is 158 Å². The third-order valence-corrected chi connectivity index (χ3v) is 4.95. The Morgan fingerprint density at radius 3 is 2.59 bits per heavy atom. The van der Waals surface area contributed by atoms with Crippen molar-refractivity contribution in [2.75, 3.05) is 18.0 Å². The molecule has 0 radical (unpaired) electrons. The second-order valence-corrected chi connectivity index (χ2v) is 7.12. The number of amides is 1. The van der Waals surface area contributed by atoms with Crippen LogP contribution in [0.15, 0.2) is 16.9 Å². The number of nitrogens with one attached hydrogen (secondary N) is 1. The van der Waals surface area contributed by atoms with E-state index in [1.807, 2.05) is 0 Å². The van der Waals surface area contributed by atoms with Gasteiger partial charge in [-0.2, -0.15) is 0 Å². The Balaban J connectivity index is 2.14. The van der Waals surface area contributed by atoms with Crippen LogP contribution in [0, 0.1) is 0 Å². The molecule has 1 aromatic heterocycles. The topological polar surface area (TPSA) is 87.5 Å². The maximum Gasteiger partial charge on any atom is 0.405 e. The van der Waals surface area contributed by atoms with E-state index in [9.17, 15) is 18.4 Å². The second-order valence-electron chi connectivity index (χ2n) is 6.68. The highest BCUT2D eigenvalue weighted by atomic mass is 35.5. The zero-order chi connectivity index (χ0) is 19.9. The van der Waals surface area contributed by atoms with Crippen molar-refractivity contribution in [1.29, 1.82) is 0 Å². The molecule has 1 aliphatic heterocycles.